The van der Waals surface area contributed by atoms with Gasteiger partial charge >= 0.3 is 17.7 Å². The summed E-state index contributed by atoms with van der Waals surface area (Å²) in [7, 11) is 0. The molecule has 0 aliphatic heterocycles. The lowest BCUT2D eigenvalue weighted by molar-refractivity contribution is -0.136. The normalized spacial score (nSPS) is 12.3. The Morgan fingerprint density at radius 2 is 1.78 bits per heavy atom. The molecular formula is C25H27NO6. The van der Waals surface area contributed by atoms with Gasteiger partial charge in [0.15, 0.2) is 0 Å². The summed E-state index contributed by atoms with van der Waals surface area (Å²) >= 11 is 0. The number of ether oxygens (including phenoxy) is 2. The van der Waals surface area contributed by atoms with Gasteiger partial charge in [-0.05, 0) is 57.4 Å². The lowest BCUT2D eigenvalue weighted by Gasteiger charge is -2.22. The van der Waals surface area contributed by atoms with E-state index in [1.54, 1.807) is 46.8 Å². The first-order chi connectivity index (χ1) is 15.1. The molecule has 1 unspecified atom stereocenters. The fourth-order valence-corrected chi connectivity index (χ4v) is 3.27. The minimum absolute atomic E-state index is 0.250. The van der Waals surface area contributed by atoms with Crippen molar-refractivity contribution in [3.05, 3.63) is 64.5 Å². The van der Waals surface area contributed by atoms with Gasteiger partial charge in [0.05, 0.1) is 0 Å². The van der Waals surface area contributed by atoms with Crippen LogP contribution in [0.25, 0.3) is 22.1 Å². The second kappa shape index (κ2) is 9.26. The number of benzene rings is 2. The van der Waals surface area contributed by atoms with Crippen LogP contribution in [0.4, 0.5) is 4.79 Å². The van der Waals surface area contributed by atoms with E-state index in [0.717, 1.165) is 16.5 Å². The maximum absolute atomic E-state index is 12.7. The Bertz CT molecular complexity index is 1190. The van der Waals surface area contributed by atoms with Crippen LogP contribution in [0.1, 0.15) is 39.7 Å². The van der Waals surface area contributed by atoms with Crippen LogP contribution in [0.5, 0.6) is 5.75 Å². The first kappa shape index (κ1) is 23.1. The molecule has 0 fully saturated rings. The molecule has 1 heterocycles. The molecule has 7 nitrogen and oxygen atoms in total. The summed E-state index contributed by atoms with van der Waals surface area (Å²) < 4.78 is 16.2. The van der Waals surface area contributed by atoms with Crippen LogP contribution >= 0.6 is 0 Å². The molecular weight excluding hydrogens is 410 g/mol. The molecule has 2 aromatic carbocycles. The molecule has 0 radical (unpaired) electrons. The molecule has 1 amide bonds. The predicted octanol–water partition coefficient (Wildman–Crippen LogP) is 4.98. The summed E-state index contributed by atoms with van der Waals surface area (Å²) in [6.45, 7) is 8.68. The maximum Gasteiger partial charge on any atom is 0.408 e. The minimum atomic E-state index is -0.886. The summed E-state index contributed by atoms with van der Waals surface area (Å²) in [5, 5.41) is 3.26. The largest absolute Gasteiger partial charge is 0.444 e. The number of amides is 1. The van der Waals surface area contributed by atoms with E-state index in [9.17, 15) is 14.4 Å². The number of rotatable bonds is 5. The molecule has 3 rings (SSSR count). The van der Waals surface area contributed by atoms with E-state index in [1.165, 1.54) is 6.07 Å². The number of aryl methyl sites for hydroxylation is 1. The van der Waals surface area contributed by atoms with Gasteiger partial charge in [0, 0.05) is 17.0 Å². The first-order valence-corrected chi connectivity index (χ1v) is 10.4. The lowest BCUT2D eigenvalue weighted by Crippen LogP contribution is -2.44. The van der Waals surface area contributed by atoms with Crippen LogP contribution in [-0.2, 0) is 9.53 Å². The van der Waals surface area contributed by atoms with Gasteiger partial charge in [-0.1, -0.05) is 37.3 Å². The van der Waals surface area contributed by atoms with Gasteiger partial charge in [-0.2, -0.15) is 0 Å². The smallest absolute Gasteiger partial charge is 0.408 e. The number of esters is 1. The van der Waals surface area contributed by atoms with E-state index in [-0.39, 0.29) is 5.75 Å². The molecule has 3 aromatic rings. The molecule has 32 heavy (non-hydrogen) atoms. The highest BCUT2D eigenvalue weighted by Gasteiger charge is 2.25. The monoisotopic (exact) mass is 437 g/mol. The van der Waals surface area contributed by atoms with Gasteiger partial charge in [0.1, 0.15) is 23.0 Å². The molecule has 168 valence electrons. The van der Waals surface area contributed by atoms with Crippen molar-refractivity contribution in [2.75, 3.05) is 0 Å². The highest BCUT2D eigenvalue weighted by Crippen LogP contribution is 2.33. The summed E-state index contributed by atoms with van der Waals surface area (Å²) in [5.74, 6) is -0.386. The standard InChI is InChI=1S/C25H27NO6/c1-6-19(26-24(29)32-25(3,4)5)23(28)30-20-13-12-17-18(16-10-8-7-9-11-16)14-21(27)31-22(17)15(20)2/h7-14,19H,6H2,1-5H3,(H,26,29). The molecule has 0 bridgehead atoms. The minimum Gasteiger partial charge on any atom is -0.444 e. The van der Waals surface area contributed by atoms with Crippen molar-refractivity contribution in [3.63, 3.8) is 0 Å². The van der Waals surface area contributed by atoms with Gasteiger partial charge in [0.2, 0.25) is 0 Å². The Morgan fingerprint density at radius 1 is 1.09 bits per heavy atom. The van der Waals surface area contributed by atoms with Crippen molar-refractivity contribution < 1.29 is 23.5 Å². The fourth-order valence-electron chi connectivity index (χ4n) is 3.27. The Kier molecular flexibility index (Phi) is 6.67. The van der Waals surface area contributed by atoms with E-state index >= 15 is 0 Å². The van der Waals surface area contributed by atoms with Gasteiger partial charge in [-0.3, -0.25) is 0 Å². The molecule has 0 saturated heterocycles. The quantitative estimate of drug-likeness (QED) is 0.344. The molecule has 0 spiro atoms. The maximum atomic E-state index is 12.7. The summed E-state index contributed by atoms with van der Waals surface area (Å²) in [5.41, 5.74) is 1.28. The summed E-state index contributed by atoms with van der Waals surface area (Å²) in [4.78, 5) is 37.0. The molecule has 0 aliphatic rings. The van der Waals surface area contributed by atoms with E-state index in [2.05, 4.69) is 5.32 Å². The molecule has 1 aromatic heterocycles. The second-order valence-electron chi connectivity index (χ2n) is 8.44. The Morgan fingerprint density at radius 3 is 2.41 bits per heavy atom. The van der Waals surface area contributed by atoms with Crippen LogP contribution in [0.15, 0.2) is 57.7 Å². The van der Waals surface area contributed by atoms with Crippen LogP contribution in [0.3, 0.4) is 0 Å². The number of carbonyl (C=O) groups is 2. The zero-order valence-corrected chi connectivity index (χ0v) is 18.9. The van der Waals surface area contributed by atoms with Gasteiger partial charge in [-0.25, -0.2) is 14.4 Å². The molecule has 7 heteroatoms. The highest BCUT2D eigenvalue weighted by molar-refractivity contribution is 5.96. The fraction of sp³-hybridized carbons (Fsp3) is 0.320. The van der Waals surface area contributed by atoms with E-state index < -0.39 is 29.3 Å². The predicted molar refractivity (Wildman–Crippen MR) is 122 cm³/mol. The topological polar surface area (TPSA) is 94.8 Å². The van der Waals surface area contributed by atoms with Crippen molar-refractivity contribution in [1.82, 2.24) is 5.32 Å². The number of hydrogen-bond donors (Lipinski definition) is 1. The Hall–Kier alpha value is -3.61. The van der Waals surface area contributed by atoms with Crippen LogP contribution in [0, 0.1) is 6.92 Å². The summed E-state index contributed by atoms with van der Waals surface area (Å²) in [6.07, 6.45) is -0.382. The average molecular weight is 437 g/mol. The van der Waals surface area contributed by atoms with Crippen molar-refractivity contribution >= 4 is 23.0 Å². The van der Waals surface area contributed by atoms with Crippen LogP contribution in [-0.4, -0.2) is 23.7 Å². The van der Waals surface area contributed by atoms with Crippen molar-refractivity contribution in [3.8, 4) is 16.9 Å². The number of hydrogen-bond acceptors (Lipinski definition) is 6. The van der Waals surface area contributed by atoms with Crippen molar-refractivity contribution in [2.45, 2.75) is 52.7 Å². The summed E-state index contributed by atoms with van der Waals surface area (Å²) in [6, 6.07) is 13.5. The second-order valence-corrected chi connectivity index (χ2v) is 8.44. The van der Waals surface area contributed by atoms with E-state index in [4.69, 9.17) is 13.9 Å². The Labute approximate surface area is 186 Å². The Balaban J connectivity index is 1.90. The molecule has 0 aliphatic carbocycles. The zero-order chi connectivity index (χ0) is 23.5. The average Bonchev–Trinajstić information content (AvgIpc) is 2.73. The van der Waals surface area contributed by atoms with Crippen molar-refractivity contribution in [2.24, 2.45) is 0 Å². The SMILES string of the molecule is CCC(NC(=O)OC(C)(C)C)C(=O)Oc1ccc2c(-c3ccccc3)cc(=O)oc2c1C. The highest BCUT2D eigenvalue weighted by atomic mass is 16.6. The number of carbonyl (C=O) groups excluding carboxylic acids is 2. The third kappa shape index (κ3) is 5.35. The van der Waals surface area contributed by atoms with Crippen LogP contribution < -0.4 is 15.7 Å². The van der Waals surface area contributed by atoms with E-state index in [0.29, 0.717) is 17.6 Å². The zero-order valence-electron chi connectivity index (χ0n) is 18.9. The lowest BCUT2D eigenvalue weighted by atomic mass is 10.0. The van der Waals surface area contributed by atoms with Gasteiger partial charge < -0.3 is 19.2 Å². The third-order valence-electron chi connectivity index (χ3n) is 4.79. The molecule has 1 atom stereocenters. The molecule has 0 saturated carbocycles. The van der Waals surface area contributed by atoms with Crippen molar-refractivity contribution in [1.29, 1.82) is 0 Å². The van der Waals surface area contributed by atoms with Crippen LogP contribution in [0.2, 0.25) is 0 Å². The number of nitrogens with one attached hydrogen (secondary N) is 1. The first-order valence-electron chi connectivity index (χ1n) is 10.4. The molecule has 1 N–H and O–H groups in total. The third-order valence-corrected chi connectivity index (χ3v) is 4.79. The van der Waals surface area contributed by atoms with Gasteiger partial charge in [-0.15, -0.1) is 0 Å². The van der Waals surface area contributed by atoms with Gasteiger partial charge in [0.25, 0.3) is 0 Å². The number of fused-ring (bicyclic) bond motifs is 1. The van der Waals surface area contributed by atoms with E-state index in [1.807, 2.05) is 30.3 Å². The number of alkyl carbamates (subject to hydrolysis) is 1.